The van der Waals surface area contributed by atoms with Crippen LogP contribution in [0.3, 0.4) is 0 Å². The molecule has 1 N–H and O–H groups in total. The number of methoxy groups -OCH3 is 1. The second-order valence-electron chi connectivity index (χ2n) is 4.33. The molecule has 0 aromatic rings. The van der Waals surface area contributed by atoms with Crippen LogP contribution in [0.1, 0.15) is 26.2 Å². The van der Waals surface area contributed by atoms with Gasteiger partial charge in [0.2, 0.25) is 0 Å². The van der Waals surface area contributed by atoms with E-state index in [2.05, 4.69) is 0 Å². The van der Waals surface area contributed by atoms with Gasteiger partial charge in [0, 0.05) is 0 Å². The van der Waals surface area contributed by atoms with Crippen LogP contribution in [0.2, 0.25) is 0 Å². The van der Waals surface area contributed by atoms with Crippen LogP contribution in [-0.4, -0.2) is 23.8 Å². The molecule has 3 heteroatoms. The molecule has 0 saturated heterocycles. The summed E-state index contributed by atoms with van der Waals surface area (Å²) in [6, 6.07) is 0. The van der Waals surface area contributed by atoms with Crippen molar-refractivity contribution < 1.29 is 14.6 Å². The molecule has 0 aromatic heterocycles. The lowest BCUT2D eigenvalue weighted by Crippen LogP contribution is -2.49. The first kappa shape index (κ1) is 8.05. The molecule has 0 heterocycles. The number of hydrogen-bond acceptors (Lipinski definition) is 3. The fraction of sp³-hybridized carbons (Fsp3) is 0.889. The van der Waals surface area contributed by atoms with Crippen LogP contribution >= 0.6 is 0 Å². The van der Waals surface area contributed by atoms with Gasteiger partial charge >= 0.3 is 5.97 Å². The first-order valence-corrected chi connectivity index (χ1v) is 4.33. The second kappa shape index (κ2) is 2.02. The molecule has 3 nitrogen and oxygen atoms in total. The minimum absolute atomic E-state index is 0.235. The molecular formula is C9H14O3. The number of aliphatic hydroxyl groups is 1. The summed E-state index contributed by atoms with van der Waals surface area (Å²) in [7, 11) is 1.39. The number of rotatable bonds is 1. The Morgan fingerprint density at radius 1 is 1.50 bits per heavy atom. The van der Waals surface area contributed by atoms with E-state index in [9.17, 15) is 9.90 Å². The highest BCUT2D eigenvalue weighted by molar-refractivity contribution is 5.80. The first-order chi connectivity index (χ1) is 5.52. The summed E-state index contributed by atoms with van der Waals surface area (Å²) >= 11 is 0. The monoisotopic (exact) mass is 170 g/mol. The fourth-order valence-electron chi connectivity index (χ4n) is 2.85. The van der Waals surface area contributed by atoms with Gasteiger partial charge in [-0.05, 0) is 32.1 Å². The maximum absolute atomic E-state index is 11.4. The molecule has 3 aliphatic rings. The number of fused-ring (bicyclic) bond motifs is 1. The van der Waals surface area contributed by atoms with E-state index in [4.69, 9.17) is 4.74 Å². The van der Waals surface area contributed by atoms with Crippen molar-refractivity contribution in [3.05, 3.63) is 0 Å². The molecule has 2 bridgehead atoms. The summed E-state index contributed by atoms with van der Waals surface area (Å²) in [5, 5.41) is 9.96. The van der Waals surface area contributed by atoms with Crippen LogP contribution in [-0.2, 0) is 9.53 Å². The van der Waals surface area contributed by atoms with Crippen LogP contribution < -0.4 is 0 Å². The van der Waals surface area contributed by atoms with Gasteiger partial charge in [-0.3, -0.25) is 4.79 Å². The standard InChI is InChI=1S/C9H14O3/c1-8(11)3-6-4-9(8,5-6)7(10)12-2/h6,11H,3-5H2,1-2H3. The molecule has 3 rings (SSSR count). The molecule has 12 heavy (non-hydrogen) atoms. The summed E-state index contributed by atoms with van der Waals surface area (Å²) < 4.78 is 4.71. The average molecular weight is 170 g/mol. The summed E-state index contributed by atoms with van der Waals surface area (Å²) in [4.78, 5) is 11.4. The molecule has 0 radical (unpaired) electrons. The van der Waals surface area contributed by atoms with Crippen molar-refractivity contribution >= 4 is 5.97 Å². The molecule has 3 saturated carbocycles. The average Bonchev–Trinajstić information content (AvgIpc) is 2.31. The van der Waals surface area contributed by atoms with Gasteiger partial charge < -0.3 is 9.84 Å². The quantitative estimate of drug-likeness (QED) is 0.589. The SMILES string of the molecule is COC(=O)C12CC(CC1(C)O)C2. The minimum atomic E-state index is -0.829. The van der Waals surface area contributed by atoms with Crippen molar-refractivity contribution in [2.45, 2.75) is 31.8 Å². The summed E-state index contributed by atoms with van der Waals surface area (Å²) in [5.74, 6) is 0.306. The Morgan fingerprint density at radius 3 is 2.42 bits per heavy atom. The predicted octanol–water partition coefficient (Wildman–Crippen LogP) is 0.710. The van der Waals surface area contributed by atoms with Gasteiger partial charge in [0.05, 0.1) is 18.1 Å². The van der Waals surface area contributed by atoms with Gasteiger partial charge in [-0.2, -0.15) is 0 Å². The third-order valence-corrected chi connectivity index (χ3v) is 3.57. The zero-order valence-electron chi connectivity index (χ0n) is 7.46. The predicted molar refractivity (Wildman–Crippen MR) is 42.4 cm³/mol. The third kappa shape index (κ3) is 0.678. The van der Waals surface area contributed by atoms with E-state index in [1.54, 1.807) is 6.92 Å². The van der Waals surface area contributed by atoms with Crippen molar-refractivity contribution in [3.63, 3.8) is 0 Å². The van der Waals surface area contributed by atoms with Crippen molar-refractivity contribution in [1.29, 1.82) is 0 Å². The minimum Gasteiger partial charge on any atom is -0.469 e. The van der Waals surface area contributed by atoms with Gasteiger partial charge in [-0.15, -0.1) is 0 Å². The number of carbonyl (C=O) groups excluding carboxylic acids is 1. The molecule has 1 atom stereocenters. The summed E-state index contributed by atoms with van der Waals surface area (Å²) in [6.07, 6.45) is 2.38. The van der Waals surface area contributed by atoms with Crippen LogP contribution in [0.4, 0.5) is 0 Å². The second-order valence-corrected chi connectivity index (χ2v) is 4.33. The van der Waals surface area contributed by atoms with Crippen LogP contribution in [0.25, 0.3) is 0 Å². The Labute approximate surface area is 71.7 Å². The van der Waals surface area contributed by atoms with Crippen LogP contribution in [0, 0.1) is 11.3 Å². The van der Waals surface area contributed by atoms with E-state index in [0.717, 1.165) is 19.3 Å². The largest absolute Gasteiger partial charge is 0.469 e. The summed E-state index contributed by atoms with van der Waals surface area (Å²) in [6.45, 7) is 1.75. The number of ether oxygens (including phenoxy) is 1. The highest BCUT2D eigenvalue weighted by Gasteiger charge is 2.68. The van der Waals surface area contributed by atoms with E-state index in [1.807, 2.05) is 0 Å². The first-order valence-electron chi connectivity index (χ1n) is 4.33. The molecule has 1 unspecified atom stereocenters. The lowest BCUT2D eigenvalue weighted by Gasteiger charge is -2.40. The molecule has 68 valence electrons. The zero-order valence-corrected chi connectivity index (χ0v) is 7.46. The van der Waals surface area contributed by atoms with Crippen molar-refractivity contribution in [2.24, 2.45) is 11.3 Å². The summed E-state index contributed by atoms with van der Waals surface area (Å²) in [5.41, 5.74) is -1.39. The highest BCUT2D eigenvalue weighted by atomic mass is 16.5. The van der Waals surface area contributed by atoms with Gasteiger partial charge in [0.1, 0.15) is 0 Å². The van der Waals surface area contributed by atoms with Crippen molar-refractivity contribution in [2.75, 3.05) is 7.11 Å². The maximum atomic E-state index is 11.4. The number of esters is 1. The lowest BCUT2D eigenvalue weighted by atomic mass is 9.65. The molecule has 0 aromatic carbocycles. The van der Waals surface area contributed by atoms with Crippen molar-refractivity contribution in [3.8, 4) is 0 Å². The van der Waals surface area contributed by atoms with Gasteiger partial charge in [0.25, 0.3) is 0 Å². The normalized spacial score (nSPS) is 50.1. The van der Waals surface area contributed by atoms with E-state index < -0.39 is 11.0 Å². The Morgan fingerprint density at radius 2 is 2.08 bits per heavy atom. The highest BCUT2D eigenvalue weighted by Crippen LogP contribution is 2.64. The molecule has 3 fully saturated rings. The van der Waals surface area contributed by atoms with Gasteiger partial charge in [-0.25, -0.2) is 0 Å². The van der Waals surface area contributed by atoms with Gasteiger partial charge in [0.15, 0.2) is 0 Å². The Kier molecular flexibility index (Phi) is 1.35. The fourth-order valence-corrected chi connectivity index (χ4v) is 2.85. The lowest BCUT2D eigenvalue weighted by molar-refractivity contribution is -0.171. The topological polar surface area (TPSA) is 46.5 Å². The van der Waals surface area contributed by atoms with Crippen LogP contribution in [0.15, 0.2) is 0 Å². The number of carbonyl (C=O) groups is 1. The maximum Gasteiger partial charge on any atom is 0.314 e. The van der Waals surface area contributed by atoms with E-state index in [0.29, 0.717) is 5.92 Å². The van der Waals surface area contributed by atoms with E-state index in [1.165, 1.54) is 7.11 Å². The molecule has 0 spiro atoms. The Balaban J connectivity index is 2.28. The molecular weight excluding hydrogens is 156 g/mol. The van der Waals surface area contributed by atoms with E-state index >= 15 is 0 Å². The Bertz CT molecular complexity index is 226. The smallest absolute Gasteiger partial charge is 0.314 e. The van der Waals surface area contributed by atoms with E-state index in [-0.39, 0.29) is 5.97 Å². The van der Waals surface area contributed by atoms with Gasteiger partial charge in [-0.1, -0.05) is 0 Å². The molecule has 0 amide bonds. The Hall–Kier alpha value is -0.570. The number of hydrogen-bond donors (Lipinski definition) is 1. The zero-order chi connectivity index (χ0) is 8.98. The third-order valence-electron chi connectivity index (χ3n) is 3.57. The molecule has 3 aliphatic carbocycles. The molecule has 0 aliphatic heterocycles. The van der Waals surface area contributed by atoms with Crippen molar-refractivity contribution in [1.82, 2.24) is 0 Å². The van der Waals surface area contributed by atoms with Crippen LogP contribution in [0.5, 0.6) is 0 Å².